The minimum atomic E-state index is -3.35. The number of pyridine rings is 1. The van der Waals surface area contributed by atoms with E-state index in [4.69, 9.17) is 0 Å². The van der Waals surface area contributed by atoms with Crippen LogP contribution < -0.4 is 0 Å². The van der Waals surface area contributed by atoms with Gasteiger partial charge in [-0.2, -0.15) is 0 Å². The van der Waals surface area contributed by atoms with Gasteiger partial charge in [0.25, 0.3) is 0 Å². The first-order valence-electron chi connectivity index (χ1n) is 4.61. The normalized spacial score (nSPS) is 15.6. The molecule has 80 valence electrons. The van der Waals surface area contributed by atoms with Gasteiger partial charge in [-0.15, -0.1) is 0 Å². The van der Waals surface area contributed by atoms with E-state index in [0.717, 1.165) is 14.8 Å². The first kappa shape index (κ1) is 10.2. The summed E-state index contributed by atoms with van der Waals surface area (Å²) < 4.78 is 25.1. The second-order valence-electron chi connectivity index (χ2n) is 3.50. The number of fused-ring (bicyclic) bond motifs is 3. The fourth-order valence-corrected chi connectivity index (χ4v) is 3.95. The molecule has 0 fully saturated rings. The lowest BCUT2D eigenvalue weighted by Gasteiger charge is -1.97. The van der Waals surface area contributed by atoms with Gasteiger partial charge in [-0.1, -0.05) is 18.2 Å². The molecule has 0 spiro atoms. The summed E-state index contributed by atoms with van der Waals surface area (Å²) in [6.45, 7) is 0. The molecule has 3 rings (SSSR count). The largest absolute Gasteiger partial charge is 0.249 e. The van der Waals surface area contributed by atoms with Crippen molar-refractivity contribution in [1.82, 2.24) is 4.98 Å². The van der Waals surface area contributed by atoms with Crippen LogP contribution in [0.2, 0.25) is 0 Å². The number of hydrogen-bond acceptors (Lipinski definition) is 3. The van der Waals surface area contributed by atoms with Gasteiger partial charge in [0.05, 0.1) is 9.79 Å². The zero-order valence-corrected chi connectivity index (χ0v) is 11.0. The van der Waals surface area contributed by atoms with Crippen LogP contribution in [0.5, 0.6) is 0 Å². The van der Waals surface area contributed by atoms with Crippen molar-refractivity contribution in [2.45, 2.75) is 9.79 Å². The fraction of sp³-hybridized carbons (Fsp3) is 0. The van der Waals surface area contributed by atoms with E-state index >= 15 is 0 Å². The second kappa shape index (κ2) is 3.27. The highest BCUT2D eigenvalue weighted by Crippen LogP contribution is 2.42. The summed E-state index contributed by atoms with van der Waals surface area (Å²) in [4.78, 5) is 4.73. The van der Waals surface area contributed by atoms with Gasteiger partial charge in [0.15, 0.2) is 0 Å². The molecule has 0 atom stereocenters. The molecule has 3 nitrogen and oxygen atoms in total. The Morgan fingerprint density at radius 3 is 2.62 bits per heavy atom. The van der Waals surface area contributed by atoms with Crippen LogP contribution in [0.25, 0.3) is 11.1 Å². The van der Waals surface area contributed by atoms with Gasteiger partial charge in [-0.05, 0) is 34.7 Å². The highest BCUT2D eigenvalue weighted by Gasteiger charge is 2.32. The van der Waals surface area contributed by atoms with Crippen LogP contribution in [-0.4, -0.2) is 13.4 Å². The summed E-state index contributed by atoms with van der Waals surface area (Å²) >= 11 is 2.08. The van der Waals surface area contributed by atoms with Crippen LogP contribution in [0.3, 0.4) is 0 Å². The molecule has 1 aliphatic rings. The molecule has 2 aromatic rings. The van der Waals surface area contributed by atoms with Crippen molar-refractivity contribution in [2.24, 2.45) is 0 Å². The Morgan fingerprint density at radius 1 is 1.06 bits per heavy atom. The Balaban J connectivity index is 2.50. The topological polar surface area (TPSA) is 47.0 Å². The number of benzene rings is 1. The Labute approximate surface area is 107 Å². The lowest BCUT2D eigenvalue weighted by atomic mass is 10.1. The van der Waals surface area contributed by atoms with Crippen molar-refractivity contribution in [2.75, 3.05) is 0 Å². The molecule has 2 heterocycles. The van der Waals surface area contributed by atoms with Crippen molar-refractivity contribution >= 4 is 32.4 Å². The van der Waals surface area contributed by atoms with Crippen molar-refractivity contribution in [3.05, 3.63) is 40.2 Å². The maximum absolute atomic E-state index is 12.1. The molecule has 0 N–H and O–H groups in total. The molecule has 1 aliphatic heterocycles. The quantitative estimate of drug-likeness (QED) is 0.465. The van der Waals surface area contributed by atoms with Crippen LogP contribution >= 0.6 is 22.6 Å². The summed E-state index contributed by atoms with van der Waals surface area (Å²) in [7, 11) is -3.35. The van der Waals surface area contributed by atoms with E-state index in [1.807, 2.05) is 12.1 Å². The van der Waals surface area contributed by atoms with Crippen molar-refractivity contribution in [3.63, 3.8) is 0 Å². The lowest BCUT2D eigenvalue weighted by Crippen LogP contribution is -1.97. The summed E-state index contributed by atoms with van der Waals surface area (Å²) in [6.07, 6.45) is 1.44. The molecule has 0 unspecified atom stereocenters. The fourth-order valence-electron chi connectivity index (χ4n) is 1.88. The average molecular weight is 343 g/mol. The number of halogens is 1. The zero-order chi connectivity index (χ0) is 11.3. The van der Waals surface area contributed by atoms with Crippen LogP contribution in [0.15, 0.2) is 46.3 Å². The van der Waals surface area contributed by atoms with E-state index in [1.165, 1.54) is 6.20 Å². The van der Waals surface area contributed by atoms with Crippen molar-refractivity contribution in [3.8, 4) is 11.1 Å². The van der Waals surface area contributed by atoms with Crippen LogP contribution in [0, 0.1) is 3.70 Å². The summed E-state index contributed by atoms with van der Waals surface area (Å²) in [6, 6.07) is 8.85. The minimum absolute atomic E-state index is 0.314. The molecule has 16 heavy (non-hydrogen) atoms. The molecule has 0 aliphatic carbocycles. The summed E-state index contributed by atoms with van der Waals surface area (Å²) in [5.74, 6) is 0. The molecule has 5 heteroatoms. The smallest absolute Gasteiger partial charge is 0.209 e. The standard InChI is InChI=1S/C11H6INO2S/c12-11-5-8-7-3-1-2-4-9(7)16(14,15)10(8)6-13-11/h1-6H. The first-order chi connectivity index (χ1) is 7.60. The van der Waals surface area contributed by atoms with E-state index in [-0.39, 0.29) is 0 Å². The van der Waals surface area contributed by atoms with Crippen LogP contribution in [-0.2, 0) is 9.84 Å². The molecule has 0 radical (unpaired) electrons. The van der Waals surface area contributed by atoms with Gasteiger partial charge in [0.1, 0.15) is 3.70 Å². The predicted molar refractivity (Wildman–Crippen MR) is 67.8 cm³/mol. The molecule has 0 saturated heterocycles. The molecule has 1 aromatic heterocycles. The van der Waals surface area contributed by atoms with E-state index < -0.39 is 9.84 Å². The molecular weight excluding hydrogens is 337 g/mol. The number of aromatic nitrogens is 1. The Kier molecular flexibility index (Phi) is 2.09. The van der Waals surface area contributed by atoms with Crippen LogP contribution in [0.1, 0.15) is 0 Å². The predicted octanol–water partition coefficient (Wildman–Crippen LogP) is 2.50. The van der Waals surface area contributed by atoms with Gasteiger partial charge < -0.3 is 0 Å². The Morgan fingerprint density at radius 2 is 1.81 bits per heavy atom. The van der Waals surface area contributed by atoms with Crippen LogP contribution in [0.4, 0.5) is 0 Å². The molecule has 1 aromatic carbocycles. The Hall–Kier alpha value is -0.950. The van der Waals surface area contributed by atoms with Gasteiger partial charge in [0, 0.05) is 17.3 Å². The molecule has 0 bridgehead atoms. The number of nitrogens with zero attached hydrogens (tertiary/aromatic N) is 1. The third-order valence-electron chi connectivity index (χ3n) is 2.59. The monoisotopic (exact) mass is 343 g/mol. The van der Waals surface area contributed by atoms with E-state index in [0.29, 0.717) is 9.79 Å². The SMILES string of the molecule is O=S1(=O)c2ccccc2-c2cc(I)ncc21. The molecular formula is C11H6INO2S. The van der Waals surface area contributed by atoms with Gasteiger partial charge in [0.2, 0.25) is 9.84 Å². The number of hydrogen-bond donors (Lipinski definition) is 0. The minimum Gasteiger partial charge on any atom is -0.249 e. The van der Waals surface area contributed by atoms with Gasteiger partial charge in [-0.3, -0.25) is 0 Å². The Bertz CT molecular complexity index is 695. The number of sulfone groups is 1. The zero-order valence-electron chi connectivity index (χ0n) is 8.01. The number of rotatable bonds is 0. The molecule has 0 saturated carbocycles. The average Bonchev–Trinajstić information content (AvgIpc) is 2.49. The van der Waals surface area contributed by atoms with E-state index in [1.54, 1.807) is 18.2 Å². The van der Waals surface area contributed by atoms with Gasteiger partial charge in [-0.25, -0.2) is 13.4 Å². The maximum atomic E-state index is 12.1. The summed E-state index contributed by atoms with van der Waals surface area (Å²) in [5.41, 5.74) is 1.54. The second-order valence-corrected chi connectivity index (χ2v) is 6.49. The summed E-state index contributed by atoms with van der Waals surface area (Å²) in [5, 5.41) is 0. The van der Waals surface area contributed by atoms with Crippen molar-refractivity contribution < 1.29 is 8.42 Å². The van der Waals surface area contributed by atoms with E-state index in [9.17, 15) is 8.42 Å². The third-order valence-corrected chi connectivity index (χ3v) is 5.02. The van der Waals surface area contributed by atoms with E-state index in [2.05, 4.69) is 27.6 Å². The highest BCUT2D eigenvalue weighted by molar-refractivity contribution is 14.1. The first-order valence-corrected chi connectivity index (χ1v) is 7.17. The lowest BCUT2D eigenvalue weighted by molar-refractivity contribution is 0.598. The highest BCUT2D eigenvalue weighted by atomic mass is 127. The van der Waals surface area contributed by atoms with Crippen molar-refractivity contribution in [1.29, 1.82) is 0 Å². The van der Waals surface area contributed by atoms with Gasteiger partial charge >= 0.3 is 0 Å². The third kappa shape index (κ3) is 1.24. The molecule has 0 amide bonds. The maximum Gasteiger partial charge on any atom is 0.209 e.